The van der Waals surface area contributed by atoms with Crippen LogP contribution in [0.4, 0.5) is 0 Å². The first-order valence-electron chi connectivity index (χ1n) is 17.2. The van der Waals surface area contributed by atoms with E-state index in [4.69, 9.17) is 34.4 Å². The topological polar surface area (TPSA) is 157 Å². The van der Waals surface area contributed by atoms with Crippen molar-refractivity contribution in [3.63, 3.8) is 0 Å². The van der Waals surface area contributed by atoms with E-state index < -0.39 is 43.3 Å². The summed E-state index contributed by atoms with van der Waals surface area (Å²) in [4.78, 5) is 39.9. The highest BCUT2D eigenvalue weighted by Crippen LogP contribution is 2.48. The number of hydrogen-bond acceptors (Lipinski definition) is 10. The summed E-state index contributed by atoms with van der Waals surface area (Å²) < 4.78 is 48.4. The van der Waals surface area contributed by atoms with E-state index in [-0.39, 0.29) is 38.2 Å². The molecule has 4 aliphatic rings. The van der Waals surface area contributed by atoms with E-state index in [9.17, 15) is 24.3 Å². The first-order valence-corrected chi connectivity index (χ1v) is 18.7. The number of phosphoric ester groups is 1. The Hall–Kier alpha value is -3.94. The Balaban J connectivity index is 1.07. The second-order valence-electron chi connectivity index (χ2n) is 14.2. The summed E-state index contributed by atoms with van der Waals surface area (Å²) in [5.74, 6) is 3.81. The number of likely N-dealkylation sites (tertiary alicyclic amines) is 2. The number of carbonyl (C=O) groups is 2. The standard InChI is InChI=1S/C37H44N3O10P/c1-6-24-11-13-28-26(21-24)32(39-15-7-9-30(39)41)34(36(2,3)49-28)45-17-19-47-51(43,44)48-20-18-46-35-33(40-16-8-10-31(40)42)27-22-25(23-38)12-14-29(27)50-37(35,4)5/h1,11-14,21-22,32-35H,7-10,15-20H2,2-5H3,(H,43,44). The van der Waals surface area contributed by atoms with E-state index in [1.165, 1.54) is 0 Å². The first kappa shape index (κ1) is 36.8. The highest BCUT2D eigenvalue weighted by molar-refractivity contribution is 7.47. The number of nitriles is 1. The number of fused-ring (bicyclic) bond motifs is 2. The lowest BCUT2D eigenvalue weighted by atomic mass is 9.84. The van der Waals surface area contributed by atoms with Gasteiger partial charge in [0.05, 0.1) is 50.1 Å². The SMILES string of the molecule is C#Cc1ccc2c(c1)C(N1CCCC1=O)C(OCCOP(=O)(O)OCCOC1C(N3CCCC3=O)c3cc(C#N)ccc3OC1(C)C)C(C)(C)O2. The van der Waals surface area contributed by atoms with Gasteiger partial charge in [-0.15, -0.1) is 6.42 Å². The van der Waals surface area contributed by atoms with E-state index in [0.717, 1.165) is 12.0 Å². The molecular weight excluding hydrogens is 677 g/mol. The lowest BCUT2D eigenvalue weighted by Crippen LogP contribution is -2.55. The van der Waals surface area contributed by atoms with Crippen LogP contribution in [0, 0.1) is 23.7 Å². The summed E-state index contributed by atoms with van der Waals surface area (Å²) in [6.45, 7) is 7.77. The Bertz CT molecular complexity index is 1670. The number of benzene rings is 2. The molecule has 0 saturated carbocycles. The Morgan fingerprint density at radius 2 is 1.27 bits per heavy atom. The number of ether oxygens (including phenoxy) is 4. The van der Waals surface area contributed by atoms with Crippen molar-refractivity contribution in [1.29, 1.82) is 5.26 Å². The van der Waals surface area contributed by atoms with E-state index in [1.54, 1.807) is 40.1 Å². The molecule has 272 valence electrons. The fourth-order valence-corrected chi connectivity index (χ4v) is 8.22. The van der Waals surface area contributed by atoms with Crippen molar-refractivity contribution in [2.75, 3.05) is 39.5 Å². The van der Waals surface area contributed by atoms with Gasteiger partial charge in [0.2, 0.25) is 11.8 Å². The predicted octanol–water partition coefficient (Wildman–Crippen LogP) is 4.81. The van der Waals surface area contributed by atoms with Crippen LogP contribution in [0.1, 0.15) is 87.7 Å². The molecule has 0 aromatic heterocycles. The Morgan fingerprint density at radius 3 is 1.69 bits per heavy atom. The van der Waals surface area contributed by atoms with Gasteiger partial charge in [-0.2, -0.15) is 5.26 Å². The fraction of sp³-hybridized carbons (Fsp3) is 0.541. The van der Waals surface area contributed by atoms with Crippen LogP contribution < -0.4 is 9.47 Å². The molecule has 4 heterocycles. The summed E-state index contributed by atoms with van der Waals surface area (Å²) in [6, 6.07) is 11.7. The minimum atomic E-state index is -4.53. The summed E-state index contributed by atoms with van der Waals surface area (Å²) in [5.41, 5.74) is 0.756. The third kappa shape index (κ3) is 7.66. The van der Waals surface area contributed by atoms with E-state index in [1.807, 2.05) is 33.8 Å². The molecule has 4 aliphatic heterocycles. The van der Waals surface area contributed by atoms with Gasteiger partial charge in [-0.05, 0) is 76.9 Å². The molecule has 5 atom stereocenters. The van der Waals surface area contributed by atoms with Crippen molar-refractivity contribution >= 4 is 19.6 Å². The maximum atomic E-state index is 12.9. The molecule has 0 spiro atoms. The van der Waals surface area contributed by atoms with Crippen LogP contribution >= 0.6 is 7.82 Å². The number of carbonyl (C=O) groups excluding carboxylic acids is 2. The van der Waals surface area contributed by atoms with Crippen molar-refractivity contribution in [3.8, 4) is 29.9 Å². The maximum Gasteiger partial charge on any atom is 0.472 e. The molecule has 51 heavy (non-hydrogen) atoms. The molecule has 0 aliphatic carbocycles. The van der Waals surface area contributed by atoms with Crippen molar-refractivity contribution in [2.24, 2.45) is 0 Å². The molecular formula is C37H44N3O10P. The van der Waals surface area contributed by atoms with E-state index in [0.29, 0.717) is 60.5 Å². The number of nitrogens with zero attached hydrogens (tertiary/aromatic N) is 3. The summed E-state index contributed by atoms with van der Waals surface area (Å²) in [7, 11) is -4.53. The minimum absolute atomic E-state index is 0.00717. The molecule has 13 nitrogen and oxygen atoms in total. The molecule has 0 bridgehead atoms. The maximum absolute atomic E-state index is 12.9. The molecule has 2 amide bonds. The van der Waals surface area contributed by atoms with Gasteiger partial charge in [-0.1, -0.05) is 5.92 Å². The van der Waals surface area contributed by atoms with Crippen LogP contribution in [0.25, 0.3) is 0 Å². The second-order valence-corrected chi connectivity index (χ2v) is 15.6. The smallest absolute Gasteiger partial charge is 0.472 e. The fourth-order valence-electron chi connectivity index (χ4n) is 7.54. The third-order valence-corrected chi connectivity index (χ3v) is 10.8. The largest absolute Gasteiger partial charge is 0.485 e. The minimum Gasteiger partial charge on any atom is -0.485 e. The van der Waals surface area contributed by atoms with E-state index >= 15 is 0 Å². The lowest BCUT2D eigenvalue weighted by Gasteiger charge is -2.47. The van der Waals surface area contributed by atoms with Crippen molar-refractivity contribution in [2.45, 2.75) is 88.9 Å². The second kappa shape index (κ2) is 14.6. The number of rotatable bonds is 12. The average molecular weight is 722 g/mol. The molecule has 2 aromatic rings. The van der Waals surface area contributed by atoms with Crippen LogP contribution in [0.5, 0.6) is 11.5 Å². The first-order chi connectivity index (χ1) is 24.2. The monoisotopic (exact) mass is 721 g/mol. The van der Waals surface area contributed by atoms with Crippen molar-refractivity contribution in [3.05, 3.63) is 58.7 Å². The summed E-state index contributed by atoms with van der Waals surface area (Å²) in [5, 5.41) is 9.53. The normalized spacial score (nSPS) is 25.9. The zero-order valence-corrected chi connectivity index (χ0v) is 30.2. The lowest BCUT2D eigenvalue weighted by molar-refractivity contribution is -0.150. The molecule has 5 unspecified atom stereocenters. The molecule has 2 aromatic carbocycles. The van der Waals surface area contributed by atoms with Gasteiger partial charge in [0.15, 0.2) is 0 Å². The molecule has 6 rings (SSSR count). The Labute approximate surface area is 298 Å². The van der Waals surface area contributed by atoms with Gasteiger partial charge in [0.1, 0.15) is 34.9 Å². The van der Waals surface area contributed by atoms with E-state index in [2.05, 4.69) is 12.0 Å². The molecule has 2 saturated heterocycles. The molecule has 0 radical (unpaired) electrons. The van der Waals surface area contributed by atoms with Gasteiger partial charge in [0, 0.05) is 42.6 Å². The Morgan fingerprint density at radius 1 is 0.824 bits per heavy atom. The zero-order valence-electron chi connectivity index (χ0n) is 29.3. The quantitative estimate of drug-likeness (QED) is 0.182. The van der Waals surface area contributed by atoms with Gasteiger partial charge in [-0.25, -0.2) is 4.57 Å². The third-order valence-electron chi connectivity index (χ3n) is 9.80. The number of hydrogen-bond donors (Lipinski definition) is 1. The predicted molar refractivity (Wildman–Crippen MR) is 184 cm³/mol. The van der Waals surface area contributed by atoms with Gasteiger partial charge in [-0.3, -0.25) is 18.6 Å². The molecule has 2 fully saturated rings. The van der Waals surface area contributed by atoms with Gasteiger partial charge in [0.25, 0.3) is 0 Å². The molecule has 1 N–H and O–H groups in total. The highest BCUT2D eigenvalue weighted by Gasteiger charge is 2.50. The molecule has 14 heteroatoms. The van der Waals surface area contributed by atoms with Gasteiger partial charge >= 0.3 is 7.82 Å². The van der Waals surface area contributed by atoms with Crippen LogP contribution in [0.3, 0.4) is 0 Å². The number of terminal acetylenes is 1. The average Bonchev–Trinajstić information content (AvgIpc) is 3.71. The van der Waals surface area contributed by atoms with Crippen LogP contribution in [0.2, 0.25) is 0 Å². The summed E-state index contributed by atoms with van der Waals surface area (Å²) >= 11 is 0. The zero-order chi connectivity index (χ0) is 36.6. The van der Waals surface area contributed by atoms with Crippen LogP contribution in [0.15, 0.2) is 36.4 Å². The number of phosphoric acid groups is 1. The van der Waals surface area contributed by atoms with Crippen LogP contribution in [-0.2, 0) is 32.7 Å². The van der Waals surface area contributed by atoms with Crippen molar-refractivity contribution in [1.82, 2.24) is 9.80 Å². The Kier molecular flexibility index (Phi) is 10.5. The van der Waals surface area contributed by atoms with Crippen LogP contribution in [-0.4, -0.2) is 89.4 Å². The highest BCUT2D eigenvalue weighted by atomic mass is 31.2. The number of amides is 2. The summed E-state index contributed by atoms with van der Waals surface area (Å²) in [6.07, 6.45) is 6.65. The van der Waals surface area contributed by atoms with Crippen molar-refractivity contribution < 1.29 is 47.0 Å². The van der Waals surface area contributed by atoms with Gasteiger partial charge < -0.3 is 33.6 Å².